The van der Waals surface area contributed by atoms with Crippen LogP contribution < -0.4 is 0 Å². The predicted octanol–water partition coefficient (Wildman–Crippen LogP) is 4.58. The molecule has 0 aliphatic heterocycles. The second-order valence-electron chi connectivity index (χ2n) is 2.02. The number of halogens is 3. The lowest BCUT2D eigenvalue weighted by Crippen LogP contribution is -1.80. The summed E-state index contributed by atoms with van der Waals surface area (Å²) in [5.41, 5.74) is 0.810. The monoisotopic (exact) mass is 252 g/mol. The lowest BCUT2D eigenvalue weighted by atomic mass is 10.2. The molecule has 0 nitrogen and oxygen atoms in total. The van der Waals surface area contributed by atoms with Gasteiger partial charge in [0, 0.05) is 4.47 Å². The van der Waals surface area contributed by atoms with Crippen molar-refractivity contribution in [1.82, 2.24) is 0 Å². The van der Waals surface area contributed by atoms with E-state index in [-0.39, 0.29) is 5.82 Å². The van der Waals surface area contributed by atoms with Crippen molar-refractivity contribution in [3.05, 3.63) is 33.0 Å². The van der Waals surface area contributed by atoms with Crippen LogP contribution in [0.5, 0.6) is 0 Å². The normalized spacial score (nSPS) is 8.83. The van der Waals surface area contributed by atoms with Crippen molar-refractivity contribution >= 4 is 27.5 Å². The van der Waals surface area contributed by atoms with Crippen LogP contribution in [0.15, 0.2) is 16.6 Å². The summed E-state index contributed by atoms with van der Waals surface area (Å²) < 4.78 is 13.3. The Hall–Kier alpha value is -0.0800. The zero-order valence-corrected chi connectivity index (χ0v) is 9.63. The highest BCUT2D eigenvalue weighted by atomic mass is 79.9. The van der Waals surface area contributed by atoms with E-state index in [1.165, 1.54) is 12.1 Å². The van der Waals surface area contributed by atoms with Crippen LogP contribution in [-0.4, -0.2) is 0 Å². The maximum absolute atomic E-state index is 12.5. The molecule has 1 rings (SSSR count). The molecule has 1 aromatic rings. The highest BCUT2D eigenvalue weighted by Gasteiger charge is 2.01. The van der Waals surface area contributed by atoms with E-state index in [9.17, 15) is 4.39 Å². The smallest absolute Gasteiger partial charge is 0.125 e. The zero-order valence-electron chi connectivity index (χ0n) is 7.29. The van der Waals surface area contributed by atoms with E-state index in [4.69, 9.17) is 11.6 Å². The van der Waals surface area contributed by atoms with Crippen molar-refractivity contribution in [2.45, 2.75) is 20.8 Å². The first-order valence-electron chi connectivity index (χ1n) is 3.72. The van der Waals surface area contributed by atoms with Gasteiger partial charge in [0.2, 0.25) is 0 Å². The third-order valence-electron chi connectivity index (χ3n) is 1.17. The van der Waals surface area contributed by atoms with E-state index in [1.54, 1.807) is 6.92 Å². The van der Waals surface area contributed by atoms with Crippen LogP contribution in [0.4, 0.5) is 4.39 Å². The average Bonchev–Trinajstić information content (AvgIpc) is 2.04. The number of benzene rings is 1. The molecular weight excluding hydrogens is 242 g/mol. The van der Waals surface area contributed by atoms with Gasteiger partial charge in [-0.2, -0.15) is 0 Å². The Balaban J connectivity index is 0.000000561. The van der Waals surface area contributed by atoms with Gasteiger partial charge in [0.1, 0.15) is 5.82 Å². The standard InChI is InChI=1S/C7H5BrClF.C2H6/c1-4-2-5(10)3-6(9)7(4)8;1-2/h2-3H,1H3;1-2H3. The van der Waals surface area contributed by atoms with E-state index in [1.807, 2.05) is 13.8 Å². The molecule has 0 bridgehead atoms. The average molecular weight is 254 g/mol. The molecule has 0 radical (unpaired) electrons. The van der Waals surface area contributed by atoms with E-state index in [0.717, 1.165) is 10.0 Å². The highest BCUT2D eigenvalue weighted by molar-refractivity contribution is 9.10. The summed E-state index contributed by atoms with van der Waals surface area (Å²) in [6.07, 6.45) is 0. The summed E-state index contributed by atoms with van der Waals surface area (Å²) in [6.45, 7) is 5.79. The van der Waals surface area contributed by atoms with Crippen LogP contribution in [0.1, 0.15) is 19.4 Å². The quantitative estimate of drug-likeness (QED) is 0.594. The molecule has 1 aromatic carbocycles. The molecule has 0 atom stereocenters. The Kier molecular flexibility index (Phi) is 5.51. The molecule has 0 spiro atoms. The van der Waals surface area contributed by atoms with Crippen LogP contribution in [0.2, 0.25) is 5.02 Å². The minimum absolute atomic E-state index is 0.300. The largest absolute Gasteiger partial charge is 0.207 e. The minimum Gasteiger partial charge on any atom is -0.207 e. The third-order valence-corrected chi connectivity index (χ3v) is 2.75. The van der Waals surface area contributed by atoms with Crippen LogP contribution in [0.3, 0.4) is 0 Å². The summed E-state index contributed by atoms with van der Waals surface area (Å²) >= 11 is 8.85. The molecule has 0 saturated carbocycles. The van der Waals surface area contributed by atoms with Gasteiger partial charge in [0.05, 0.1) is 5.02 Å². The van der Waals surface area contributed by atoms with E-state index in [2.05, 4.69) is 15.9 Å². The first-order chi connectivity index (χ1) is 5.61. The Morgan fingerprint density at radius 3 is 2.25 bits per heavy atom. The first-order valence-corrected chi connectivity index (χ1v) is 4.89. The van der Waals surface area contributed by atoms with Crippen molar-refractivity contribution in [3.8, 4) is 0 Å². The molecule has 3 heteroatoms. The van der Waals surface area contributed by atoms with Crippen molar-refractivity contribution in [2.75, 3.05) is 0 Å². The topological polar surface area (TPSA) is 0 Å². The molecule has 0 aliphatic carbocycles. The molecule has 0 heterocycles. The van der Waals surface area contributed by atoms with Gasteiger partial charge in [0.25, 0.3) is 0 Å². The molecule has 12 heavy (non-hydrogen) atoms. The maximum Gasteiger partial charge on any atom is 0.125 e. The Morgan fingerprint density at radius 1 is 1.33 bits per heavy atom. The Bertz CT molecular complexity index is 238. The second kappa shape index (κ2) is 5.55. The number of hydrogen-bond donors (Lipinski definition) is 0. The predicted molar refractivity (Wildman–Crippen MR) is 55.2 cm³/mol. The fourth-order valence-electron chi connectivity index (χ4n) is 0.685. The lowest BCUT2D eigenvalue weighted by Gasteiger charge is -1.99. The number of rotatable bonds is 0. The van der Waals surface area contributed by atoms with Crippen LogP contribution in [0.25, 0.3) is 0 Å². The van der Waals surface area contributed by atoms with Gasteiger partial charge in [-0.1, -0.05) is 25.4 Å². The summed E-state index contributed by atoms with van der Waals surface area (Å²) in [5.74, 6) is -0.300. The van der Waals surface area contributed by atoms with Gasteiger partial charge < -0.3 is 0 Å². The lowest BCUT2D eigenvalue weighted by molar-refractivity contribution is 0.626. The zero-order chi connectivity index (χ0) is 9.72. The van der Waals surface area contributed by atoms with Crippen LogP contribution in [0, 0.1) is 12.7 Å². The Morgan fingerprint density at radius 2 is 1.83 bits per heavy atom. The number of hydrogen-bond acceptors (Lipinski definition) is 0. The molecule has 0 saturated heterocycles. The van der Waals surface area contributed by atoms with E-state index in [0.29, 0.717) is 5.02 Å². The highest BCUT2D eigenvalue weighted by Crippen LogP contribution is 2.26. The molecule has 0 aromatic heterocycles. The molecule has 0 unspecified atom stereocenters. The minimum atomic E-state index is -0.300. The van der Waals surface area contributed by atoms with Crippen molar-refractivity contribution in [3.63, 3.8) is 0 Å². The van der Waals surface area contributed by atoms with Gasteiger partial charge >= 0.3 is 0 Å². The van der Waals surface area contributed by atoms with Crippen molar-refractivity contribution in [1.29, 1.82) is 0 Å². The summed E-state index contributed by atoms with van der Waals surface area (Å²) in [5, 5.41) is 0.414. The molecule has 0 aliphatic rings. The summed E-state index contributed by atoms with van der Waals surface area (Å²) in [6, 6.07) is 2.70. The van der Waals surface area contributed by atoms with Crippen molar-refractivity contribution < 1.29 is 4.39 Å². The van der Waals surface area contributed by atoms with Crippen molar-refractivity contribution in [2.24, 2.45) is 0 Å². The maximum atomic E-state index is 12.5. The fraction of sp³-hybridized carbons (Fsp3) is 0.333. The Labute approximate surface area is 85.9 Å². The van der Waals surface area contributed by atoms with Gasteiger partial charge in [-0.05, 0) is 40.5 Å². The fourth-order valence-corrected chi connectivity index (χ4v) is 1.17. The molecule has 0 fully saturated rings. The molecule has 0 N–H and O–H groups in total. The van der Waals surface area contributed by atoms with Gasteiger partial charge in [-0.3, -0.25) is 0 Å². The van der Waals surface area contributed by atoms with E-state index < -0.39 is 0 Å². The summed E-state index contributed by atoms with van der Waals surface area (Å²) in [4.78, 5) is 0. The first kappa shape index (κ1) is 11.9. The van der Waals surface area contributed by atoms with Gasteiger partial charge in [-0.15, -0.1) is 0 Å². The van der Waals surface area contributed by atoms with Crippen LogP contribution >= 0.6 is 27.5 Å². The number of aryl methyl sites for hydroxylation is 1. The van der Waals surface area contributed by atoms with Gasteiger partial charge in [0.15, 0.2) is 0 Å². The third kappa shape index (κ3) is 3.11. The molecular formula is C9H11BrClF. The van der Waals surface area contributed by atoms with Gasteiger partial charge in [-0.25, -0.2) is 4.39 Å². The van der Waals surface area contributed by atoms with E-state index >= 15 is 0 Å². The molecule has 0 amide bonds. The second-order valence-corrected chi connectivity index (χ2v) is 3.22. The molecule has 68 valence electrons. The SMILES string of the molecule is CC.Cc1cc(F)cc(Cl)c1Br. The van der Waals surface area contributed by atoms with Crippen LogP contribution in [-0.2, 0) is 0 Å². The summed E-state index contributed by atoms with van der Waals surface area (Å²) in [7, 11) is 0.